The molecule has 0 atom stereocenters. The maximum absolute atomic E-state index is 4.23. The summed E-state index contributed by atoms with van der Waals surface area (Å²) in [6, 6.07) is 0. The summed E-state index contributed by atoms with van der Waals surface area (Å²) in [5.74, 6) is 0.896. The average molecular weight is 170 g/mol. The Hall–Kier alpha value is -0.170. The molecule has 0 aliphatic rings. The number of rotatable bonds is 4. The Morgan fingerprint density at radius 1 is 1.36 bits per heavy atom. The van der Waals surface area contributed by atoms with Crippen LogP contribution < -0.4 is 0 Å². The van der Waals surface area contributed by atoms with Crippen LogP contribution in [0.4, 0.5) is 0 Å². The molecule has 1 heteroatoms. The highest BCUT2D eigenvalue weighted by Crippen LogP contribution is 2.08. The van der Waals surface area contributed by atoms with Gasteiger partial charge in [0.25, 0.3) is 0 Å². The van der Waals surface area contributed by atoms with E-state index in [2.05, 4.69) is 45.6 Å². The Morgan fingerprint density at radius 3 is 2.36 bits per heavy atom. The van der Waals surface area contributed by atoms with Gasteiger partial charge in [0.1, 0.15) is 0 Å². The van der Waals surface area contributed by atoms with Crippen molar-refractivity contribution in [3.8, 4) is 0 Å². The Kier molecular flexibility index (Phi) is 6.43. The van der Waals surface area contributed by atoms with E-state index in [0.717, 1.165) is 18.6 Å². The van der Waals surface area contributed by atoms with Crippen molar-refractivity contribution >= 4 is 12.6 Å². The van der Waals surface area contributed by atoms with E-state index in [1.54, 1.807) is 0 Å². The fourth-order valence-electron chi connectivity index (χ4n) is 0.861. The van der Waals surface area contributed by atoms with E-state index in [9.17, 15) is 0 Å². The summed E-state index contributed by atoms with van der Waals surface area (Å²) >= 11 is 4.23. The van der Waals surface area contributed by atoms with E-state index in [-0.39, 0.29) is 0 Å². The summed E-state index contributed by atoms with van der Waals surface area (Å²) in [5.41, 5.74) is 2.84. The van der Waals surface area contributed by atoms with Crippen LogP contribution in [0.15, 0.2) is 23.3 Å². The van der Waals surface area contributed by atoms with Crippen LogP contribution in [0.2, 0.25) is 0 Å². The zero-order chi connectivity index (χ0) is 8.69. The van der Waals surface area contributed by atoms with E-state index in [4.69, 9.17) is 0 Å². The van der Waals surface area contributed by atoms with Crippen LogP contribution in [0.5, 0.6) is 0 Å². The number of hydrogen-bond donors (Lipinski definition) is 1. The molecule has 0 amide bonds. The molecule has 0 spiro atoms. The van der Waals surface area contributed by atoms with E-state index < -0.39 is 0 Å². The normalized spacial score (nSPS) is 11.5. The van der Waals surface area contributed by atoms with Gasteiger partial charge in [0.05, 0.1) is 0 Å². The summed E-state index contributed by atoms with van der Waals surface area (Å²) in [5, 5.41) is 0. The summed E-state index contributed by atoms with van der Waals surface area (Å²) in [4.78, 5) is 0. The molecular weight excluding hydrogens is 152 g/mol. The molecular formula is C10H18S. The molecule has 0 aliphatic heterocycles. The van der Waals surface area contributed by atoms with Gasteiger partial charge in [-0.1, -0.05) is 23.3 Å². The fraction of sp³-hybridized carbons (Fsp3) is 0.600. The van der Waals surface area contributed by atoms with Crippen LogP contribution in [-0.2, 0) is 0 Å². The minimum absolute atomic E-state index is 0.896. The third-order valence-electron chi connectivity index (χ3n) is 1.63. The van der Waals surface area contributed by atoms with Crippen molar-refractivity contribution in [3.05, 3.63) is 23.3 Å². The summed E-state index contributed by atoms with van der Waals surface area (Å²) in [6.45, 7) is 6.35. The van der Waals surface area contributed by atoms with Gasteiger partial charge >= 0.3 is 0 Å². The maximum atomic E-state index is 4.23. The van der Waals surface area contributed by atoms with Crippen LogP contribution in [-0.4, -0.2) is 5.75 Å². The first-order valence-electron chi connectivity index (χ1n) is 4.09. The molecule has 0 N–H and O–H groups in total. The molecule has 0 nitrogen and oxygen atoms in total. The van der Waals surface area contributed by atoms with E-state index in [1.807, 2.05) is 0 Å². The lowest BCUT2D eigenvalue weighted by atomic mass is 10.1. The van der Waals surface area contributed by atoms with Gasteiger partial charge in [-0.05, 0) is 33.6 Å². The minimum Gasteiger partial charge on any atom is -0.175 e. The second-order valence-electron chi connectivity index (χ2n) is 2.93. The first kappa shape index (κ1) is 10.8. The highest BCUT2D eigenvalue weighted by atomic mass is 32.1. The standard InChI is InChI=1S/C10H18S/c1-4-10(8-11)7-5-6-9(2)3/h4,6,11H,5,7-8H2,1-3H3. The van der Waals surface area contributed by atoms with Crippen LogP contribution in [0.1, 0.15) is 33.6 Å². The molecule has 0 radical (unpaired) electrons. The van der Waals surface area contributed by atoms with Crippen LogP contribution in [0, 0.1) is 0 Å². The average Bonchev–Trinajstić information content (AvgIpc) is 1.98. The molecule has 0 unspecified atom stereocenters. The Labute approximate surface area is 75.8 Å². The largest absolute Gasteiger partial charge is 0.175 e. The second-order valence-corrected chi connectivity index (χ2v) is 3.24. The maximum Gasteiger partial charge on any atom is 0.0112 e. The predicted molar refractivity (Wildman–Crippen MR) is 56.3 cm³/mol. The van der Waals surface area contributed by atoms with Crippen molar-refractivity contribution < 1.29 is 0 Å². The van der Waals surface area contributed by atoms with Gasteiger partial charge in [-0.3, -0.25) is 0 Å². The topological polar surface area (TPSA) is 0 Å². The number of thiol groups is 1. The first-order chi connectivity index (χ1) is 5.20. The van der Waals surface area contributed by atoms with Gasteiger partial charge in [-0.15, -0.1) is 0 Å². The van der Waals surface area contributed by atoms with Gasteiger partial charge in [0.2, 0.25) is 0 Å². The fourth-order valence-corrected chi connectivity index (χ4v) is 1.20. The highest BCUT2D eigenvalue weighted by Gasteiger charge is 1.90. The lowest BCUT2D eigenvalue weighted by Gasteiger charge is -1.99. The Bertz CT molecular complexity index is 150. The molecule has 0 saturated heterocycles. The molecule has 11 heavy (non-hydrogen) atoms. The van der Waals surface area contributed by atoms with Crippen molar-refractivity contribution in [2.75, 3.05) is 5.75 Å². The molecule has 0 heterocycles. The molecule has 0 aliphatic carbocycles. The monoisotopic (exact) mass is 170 g/mol. The van der Waals surface area contributed by atoms with Crippen LogP contribution in [0.3, 0.4) is 0 Å². The lowest BCUT2D eigenvalue weighted by molar-refractivity contribution is 0.969. The molecule has 0 aromatic carbocycles. The zero-order valence-corrected chi connectivity index (χ0v) is 8.62. The first-order valence-corrected chi connectivity index (χ1v) is 4.72. The highest BCUT2D eigenvalue weighted by molar-refractivity contribution is 7.80. The summed E-state index contributed by atoms with van der Waals surface area (Å²) in [6.07, 6.45) is 6.74. The minimum atomic E-state index is 0.896. The molecule has 0 saturated carbocycles. The third-order valence-corrected chi connectivity index (χ3v) is 2.04. The van der Waals surface area contributed by atoms with E-state index >= 15 is 0 Å². The van der Waals surface area contributed by atoms with E-state index in [0.29, 0.717) is 0 Å². The third kappa shape index (κ3) is 6.24. The quantitative estimate of drug-likeness (QED) is 0.483. The van der Waals surface area contributed by atoms with Gasteiger partial charge in [0, 0.05) is 5.75 Å². The van der Waals surface area contributed by atoms with Crippen LogP contribution in [0.25, 0.3) is 0 Å². The van der Waals surface area contributed by atoms with Gasteiger partial charge in [-0.2, -0.15) is 12.6 Å². The molecule has 0 aromatic rings. The summed E-state index contributed by atoms with van der Waals surface area (Å²) < 4.78 is 0. The van der Waals surface area contributed by atoms with Crippen LogP contribution >= 0.6 is 12.6 Å². The predicted octanol–water partition coefficient (Wildman–Crippen LogP) is 3.61. The molecule has 64 valence electrons. The van der Waals surface area contributed by atoms with Crippen molar-refractivity contribution in [2.24, 2.45) is 0 Å². The summed E-state index contributed by atoms with van der Waals surface area (Å²) in [7, 11) is 0. The molecule has 0 bridgehead atoms. The van der Waals surface area contributed by atoms with Crippen molar-refractivity contribution in [3.63, 3.8) is 0 Å². The van der Waals surface area contributed by atoms with Crippen molar-refractivity contribution in [2.45, 2.75) is 33.6 Å². The zero-order valence-electron chi connectivity index (χ0n) is 7.72. The van der Waals surface area contributed by atoms with Gasteiger partial charge < -0.3 is 0 Å². The number of allylic oxidation sites excluding steroid dienone is 3. The number of hydrogen-bond acceptors (Lipinski definition) is 1. The van der Waals surface area contributed by atoms with E-state index in [1.165, 1.54) is 11.1 Å². The second kappa shape index (κ2) is 6.53. The SMILES string of the molecule is CC=C(CS)CCC=C(C)C. The smallest absolute Gasteiger partial charge is 0.0112 e. The lowest BCUT2D eigenvalue weighted by Crippen LogP contribution is -1.83. The van der Waals surface area contributed by atoms with Gasteiger partial charge in [0.15, 0.2) is 0 Å². The van der Waals surface area contributed by atoms with Crippen molar-refractivity contribution in [1.82, 2.24) is 0 Å². The molecule has 0 fully saturated rings. The molecule has 0 aromatic heterocycles. The van der Waals surface area contributed by atoms with Crippen molar-refractivity contribution in [1.29, 1.82) is 0 Å². The molecule has 0 rings (SSSR count). The Morgan fingerprint density at radius 2 is 2.00 bits per heavy atom. The van der Waals surface area contributed by atoms with Gasteiger partial charge in [-0.25, -0.2) is 0 Å². The Balaban J connectivity index is 3.61.